The van der Waals surface area contributed by atoms with Gasteiger partial charge in [-0.3, -0.25) is 14.2 Å². The van der Waals surface area contributed by atoms with Crippen LogP contribution in [0.25, 0.3) is 11.2 Å². The molecule has 168 valence electrons. The predicted molar refractivity (Wildman–Crippen MR) is 103 cm³/mol. The summed E-state index contributed by atoms with van der Waals surface area (Å²) < 4.78 is 7.27. The molecule has 0 saturated carbocycles. The molecule has 3 heterocycles. The molecule has 13 heteroatoms. The number of aromatic nitrogens is 4. The van der Waals surface area contributed by atoms with Gasteiger partial charge in [-0.1, -0.05) is 6.92 Å². The van der Waals surface area contributed by atoms with E-state index < -0.39 is 30.6 Å². The molecule has 1 aliphatic heterocycles. The number of rotatable bonds is 7. The van der Waals surface area contributed by atoms with Crippen LogP contribution in [0.15, 0.2) is 12.7 Å². The molecular weight excluding hydrogens is 412 g/mol. The number of hydrogen-bond acceptors (Lipinski definition) is 11. The Bertz CT molecular complexity index is 958. The van der Waals surface area contributed by atoms with Crippen LogP contribution in [0.5, 0.6) is 0 Å². The Morgan fingerprint density at radius 3 is 2.61 bits per heavy atom. The molecule has 1 amide bonds. The molecule has 0 aromatic carbocycles. The molecule has 1 saturated heterocycles. The first-order valence-electron chi connectivity index (χ1n) is 9.51. The van der Waals surface area contributed by atoms with Crippen LogP contribution in [-0.4, -0.2) is 71.9 Å². The van der Waals surface area contributed by atoms with E-state index in [1.807, 2.05) is 0 Å². The fourth-order valence-corrected chi connectivity index (χ4v) is 3.18. The van der Waals surface area contributed by atoms with Crippen molar-refractivity contribution in [1.82, 2.24) is 24.8 Å². The lowest BCUT2D eigenvalue weighted by Crippen LogP contribution is -2.39. The Morgan fingerprint density at radius 1 is 1.29 bits per heavy atom. The first kappa shape index (κ1) is 24.0. The number of ketones is 1. The number of carbonyl (C=O) groups is 2. The van der Waals surface area contributed by atoms with Crippen molar-refractivity contribution < 1.29 is 34.1 Å². The summed E-state index contributed by atoms with van der Waals surface area (Å²) in [7, 11) is 0. The number of fused-ring (bicyclic) bond motifs is 1. The zero-order valence-electron chi connectivity index (χ0n) is 17.0. The number of aliphatic hydroxyl groups excluding tert-OH is 2. The lowest BCUT2D eigenvalue weighted by atomic mass is 10.0. The summed E-state index contributed by atoms with van der Waals surface area (Å²) >= 11 is 0. The van der Waals surface area contributed by atoms with Gasteiger partial charge in [0.2, 0.25) is 5.91 Å². The van der Waals surface area contributed by atoms with E-state index in [4.69, 9.17) is 20.1 Å². The van der Waals surface area contributed by atoms with Gasteiger partial charge in [-0.05, 0) is 13.3 Å². The summed E-state index contributed by atoms with van der Waals surface area (Å²) in [6.45, 7) is 3.32. The lowest BCUT2D eigenvalue weighted by molar-refractivity contribution is -0.191. The average molecular weight is 436 g/mol. The summed E-state index contributed by atoms with van der Waals surface area (Å²) in [5.41, 5.74) is 6.50. The van der Waals surface area contributed by atoms with Crippen molar-refractivity contribution in [3.63, 3.8) is 0 Å². The van der Waals surface area contributed by atoms with Gasteiger partial charge in [-0.2, -0.15) is 9.59 Å². The molecular formula is C18H24N6O7. The smallest absolute Gasteiger partial charge is 0.373 e. The summed E-state index contributed by atoms with van der Waals surface area (Å²) in [4.78, 5) is 51.9. The number of anilines is 1. The van der Waals surface area contributed by atoms with E-state index in [1.165, 1.54) is 17.2 Å². The van der Waals surface area contributed by atoms with E-state index >= 15 is 0 Å². The Kier molecular flexibility index (Phi) is 8.28. The van der Waals surface area contributed by atoms with Crippen molar-refractivity contribution in [2.75, 3.05) is 5.73 Å². The van der Waals surface area contributed by atoms with E-state index in [1.54, 1.807) is 13.8 Å². The standard InChI is InChI=1S/C17H24N6O5.CO2/c1-3-11(25)22-8(2)9(24)4-5-10-13(26)14(27)17(28-10)23-7-21-12-15(18)19-6-20-16(12)23;2-1-3/h6-8,10,13-14,17,26-27H,3-5H2,1-2H3,(H,22,25)(H2,18,19,20);/t8?,10?,13-,14-,17-;/m1./s1. The largest absolute Gasteiger partial charge is 0.388 e. The second-order valence-electron chi connectivity index (χ2n) is 6.86. The number of nitrogens with zero attached hydrogens (tertiary/aromatic N) is 4. The minimum atomic E-state index is -1.23. The monoisotopic (exact) mass is 436 g/mol. The summed E-state index contributed by atoms with van der Waals surface area (Å²) in [6.07, 6.45) is -0.581. The molecule has 13 nitrogen and oxygen atoms in total. The van der Waals surface area contributed by atoms with Gasteiger partial charge in [0.1, 0.15) is 24.1 Å². The maximum Gasteiger partial charge on any atom is 0.373 e. The maximum absolute atomic E-state index is 12.2. The van der Waals surface area contributed by atoms with E-state index in [-0.39, 0.29) is 36.5 Å². The molecule has 0 aliphatic carbocycles. The number of amides is 1. The molecule has 31 heavy (non-hydrogen) atoms. The summed E-state index contributed by atoms with van der Waals surface area (Å²) in [6, 6.07) is -0.621. The average Bonchev–Trinajstić information content (AvgIpc) is 3.29. The fourth-order valence-electron chi connectivity index (χ4n) is 3.18. The van der Waals surface area contributed by atoms with E-state index in [0.717, 1.165) is 0 Å². The van der Waals surface area contributed by atoms with Crippen LogP contribution in [0.2, 0.25) is 0 Å². The Morgan fingerprint density at radius 2 is 1.97 bits per heavy atom. The second-order valence-corrected chi connectivity index (χ2v) is 6.86. The van der Waals surface area contributed by atoms with Crippen molar-refractivity contribution >= 4 is 34.8 Å². The van der Waals surface area contributed by atoms with Crippen molar-refractivity contribution in [2.45, 2.75) is 63.7 Å². The molecule has 5 N–H and O–H groups in total. The van der Waals surface area contributed by atoms with Crippen LogP contribution in [0.3, 0.4) is 0 Å². The number of hydrogen-bond donors (Lipinski definition) is 4. The van der Waals surface area contributed by atoms with Crippen LogP contribution in [0.4, 0.5) is 5.82 Å². The quantitative estimate of drug-likeness (QED) is 0.402. The van der Waals surface area contributed by atoms with Gasteiger partial charge >= 0.3 is 6.15 Å². The highest BCUT2D eigenvalue weighted by Crippen LogP contribution is 2.33. The molecule has 3 rings (SSSR count). The highest BCUT2D eigenvalue weighted by Gasteiger charge is 2.44. The Balaban J connectivity index is 0.00000107. The third kappa shape index (κ3) is 5.47. The number of nitrogen functional groups attached to an aromatic ring is 1. The Labute approximate surface area is 176 Å². The number of nitrogens with one attached hydrogen (secondary N) is 1. The minimum Gasteiger partial charge on any atom is -0.388 e. The highest BCUT2D eigenvalue weighted by atomic mass is 16.6. The third-order valence-corrected chi connectivity index (χ3v) is 4.86. The molecule has 5 atom stereocenters. The van der Waals surface area contributed by atoms with Crippen molar-refractivity contribution in [2.24, 2.45) is 0 Å². The predicted octanol–water partition coefficient (Wildman–Crippen LogP) is -1.29. The molecule has 2 unspecified atom stereocenters. The molecule has 2 aromatic rings. The maximum atomic E-state index is 12.2. The van der Waals surface area contributed by atoms with Crippen molar-refractivity contribution in [3.8, 4) is 0 Å². The second kappa shape index (κ2) is 10.7. The lowest BCUT2D eigenvalue weighted by Gasteiger charge is -2.17. The molecule has 1 fully saturated rings. The number of nitrogens with two attached hydrogens (primary N) is 1. The van der Waals surface area contributed by atoms with Gasteiger partial charge in [0, 0.05) is 12.8 Å². The van der Waals surface area contributed by atoms with E-state index in [9.17, 15) is 19.8 Å². The van der Waals surface area contributed by atoms with Crippen LogP contribution < -0.4 is 11.1 Å². The highest BCUT2D eigenvalue weighted by molar-refractivity contribution is 5.88. The Hall–Kier alpha value is -3.25. The third-order valence-electron chi connectivity index (χ3n) is 4.86. The van der Waals surface area contributed by atoms with Crippen molar-refractivity contribution in [1.29, 1.82) is 0 Å². The number of ether oxygens (including phenoxy) is 1. The number of aliphatic hydroxyl groups is 2. The molecule has 0 bridgehead atoms. The molecule has 1 aliphatic rings. The van der Waals surface area contributed by atoms with Crippen LogP contribution in [-0.2, 0) is 23.9 Å². The minimum absolute atomic E-state index is 0.0894. The van der Waals surface area contributed by atoms with Gasteiger partial charge in [-0.15, -0.1) is 0 Å². The van der Waals surface area contributed by atoms with Crippen molar-refractivity contribution in [3.05, 3.63) is 12.7 Å². The SMILES string of the molecule is CCC(=O)NC(C)C(=O)CCC1O[C@@H](n2cnc3c(N)ncnc32)[C@H](O)[C@@H]1O.O=C=O. The van der Waals surface area contributed by atoms with Crippen LogP contribution >= 0.6 is 0 Å². The zero-order valence-corrected chi connectivity index (χ0v) is 17.0. The first-order valence-corrected chi connectivity index (χ1v) is 9.51. The van der Waals surface area contributed by atoms with E-state index in [2.05, 4.69) is 20.3 Å². The summed E-state index contributed by atoms with van der Waals surface area (Å²) in [5.74, 6) is -0.187. The molecule has 0 radical (unpaired) electrons. The number of Topliss-reactive ketones (excluding diaryl/α,β-unsaturated/α-hetero) is 1. The van der Waals surface area contributed by atoms with E-state index in [0.29, 0.717) is 17.6 Å². The van der Waals surface area contributed by atoms with Crippen LogP contribution in [0, 0.1) is 0 Å². The first-order chi connectivity index (χ1) is 14.7. The molecule has 0 spiro atoms. The van der Waals surface area contributed by atoms with Gasteiger partial charge in [0.25, 0.3) is 0 Å². The zero-order chi connectivity index (χ0) is 23.1. The normalized spacial score (nSPS) is 23.5. The fraction of sp³-hybridized carbons (Fsp3) is 0.556. The topological polar surface area (TPSA) is 200 Å². The molecule has 2 aromatic heterocycles. The summed E-state index contributed by atoms with van der Waals surface area (Å²) in [5, 5.41) is 23.4. The number of imidazole rings is 1. The van der Waals surface area contributed by atoms with Gasteiger partial charge in [0.15, 0.2) is 23.5 Å². The van der Waals surface area contributed by atoms with Gasteiger partial charge in [0.05, 0.1) is 18.5 Å². The number of carbonyl (C=O) groups excluding carboxylic acids is 4. The van der Waals surface area contributed by atoms with Gasteiger partial charge in [-0.25, -0.2) is 15.0 Å². The van der Waals surface area contributed by atoms with Crippen LogP contribution in [0.1, 0.15) is 39.3 Å². The van der Waals surface area contributed by atoms with Gasteiger partial charge < -0.3 is 26.0 Å².